The highest BCUT2D eigenvalue weighted by molar-refractivity contribution is 7.98. The lowest BCUT2D eigenvalue weighted by atomic mass is 10.1. The van der Waals surface area contributed by atoms with Crippen LogP contribution in [-0.2, 0) is 18.8 Å². The summed E-state index contributed by atoms with van der Waals surface area (Å²) in [7, 11) is 0. The van der Waals surface area contributed by atoms with Gasteiger partial charge in [-0.25, -0.2) is 9.97 Å². The predicted molar refractivity (Wildman–Crippen MR) is 134 cm³/mol. The van der Waals surface area contributed by atoms with Crippen LogP contribution in [0.15, 0.2) is 103 Å². The first-order valence-corrected chi connectivity index (χ1v) is 12.0. The molecule has 3 aromatic heterocycles. The van der Waals surface area contributed by atoms with Gasteiger partial charge in [-0.2, -0.15) is 0 Å². The second kappa shape index (κ2) is 10.3. The molecule has 0 saturated heterocycles. The van der Waals surface area contributed by atoms with Crippen LogP contribution < -0.4 is 5.32 Å². The van der Waals surface area contributed by atoms with Gasteiger partial charge in [-0.3, -0.25) is 14.3 Å². The average molecular weight is 466 g/mol. The molecule has 0 aliphatic rings. The Morgan fingerprint density at radius 3 is 2.44 bits per heavy atom. The molecule has 0 bridgehead atoms. The van der Waals surface area contributed by atoms with Gasteiger partial charge in [0.1, 0.15) is 5.52 Å². The van der Waals surface area contributed by atoms with E-state index in [2.05, 4.69) is 44.1 Å². The van der Waals surface area contributed by atoms with Crippen molar-refractivity contribution in [2.75, 3.05) is 0 Å². The minimum atomic E-state index is -0.107. The number of thioether (sulfide) groups is 1. The molecular formula is C27H23N5OS. The maximum atomic E-state index is 12.5. The molecule has 1 amide bonds. The number of imidazole rings is 1. The summed E-state index contributed by atoms with van der Waals surface area (Å²) in [6, 6.07) is 25.7. The van der Waals surface area contributed by atoms with Crippen LogP contribution in [0.4, 0.5) is 0 Å². The minimum absolute atomic E-state index is 0.107. The van der Waals surface area contributed by atoms with Crippen molar-refractivity contribution < 1.29 is 4.79 Å². The van der Waals surface area contributed by atoms with Gasteiger partial charge in [-0.15, -0.1) is 0 Å². The van der Waals surface area contributed by atoms with Crippen LogP contribution >= 0.6 is 11.8 Å². The number of carbonyl (C=O) groups excluding carboxylic acids is 1. The van der Waals surface area contributed by atoms with Crippen LogP contribution in [-0.4, -0.2) is 25.4 Å². The first-order valence-electron chi connectivity index (χ1n) is 11.0. The summed E-state index contributed by atoms with van der Waals surface area (Å²) in [4.78, 5) is 26.0. The third-order valence-corrected chi connectivity index (χ3v) is 6.46. The van der Waals surface area contributed by atoms with E-state index in [1.807, 2.05) is 54.6 Å². The quantitative estimate of drug-likeness (QED) is 0.323. The number of hydrogen-bond donors (Lipinski definition) is 1. The second-order valence-electron chi connectivity index (χ2n) is 7.84. The Kier molecular flexibility index (Phi) is 6.63. The zero-order chi connectivity index (χ0) is 23.2. The molecule has 0 fully saturated rings. The van der Waals surface area contributed by atoms with Gasteiger partial charge in [0.15, 0.2) is 10.8 Å². The molecule has 3 heterocycles. The van der Waals surface area contributed by atoms with E-state index in [0.29, 0.717) is 18.7 Å². The fourth-order valence-electron chi connectivity index (χ4n) is 3.64. The number of aromatic nitrogens is 4. The molecule has 0 unspecified atom stereocenters. The SMILES string of the molecule is O=C(NCc1cccnc1)c1ccc(Cn2c(SCc3ccccc3)nc3cccnc32)cc1. The van der Waals surface area contributed by atoms with E-state index in [0.717, 1.165) is 33.2 Å². The Hall–Kier alpha value is -3.97. The Morgan fingerprint density at radius 1 is 0.853 bits per heavy atom. The van der Waals surface area contributed by atoms with Gasteiger partial charge in [0.2, 0.25) is 0 Å². The lowest BCUT2D eigenvalue weighted by Gasteiger charge is -2.10. The van der Waals surface area contributed by atoms with E-state index < -0.39 is 0 Å². The number of pyridine rings is 2. The van der Waals surface area contributed by atoms with Gasteiger partial charge in [-0.1, -0.05) is 60.3 Å². The Labute approximate surface area is 202 Å². The summed E-state index contributed by atoms with van der Waals surface area (Å²) in [6.07, 6.45) is 5.26. The lowest BCUT2D eigenvalue weighted by molar-refractivity contribution is 0.0951. The van der Waals surface area contributed by atoms with Gasteiger partial charge in [-0.05, 0) is 47.0 Å². The smallest absolute Gasteiger partial charge is 0.251 e. The third kappa shape index (κ3) is 5.15. The van der Waals surface area contributed by atoms with E-state index in [-0.39, 0.29) is 5.91 Å². The van der Waals surface area contributed by atoms with Gasteiger partial charge in [0.05, 0.1) is 6.54 Å². The van der Waals surface area contributed by atoms with Crippen molar-refractivity contribution in [1.29, 1.82) is 0 Å². The highest BCUT2D eigenvalue weighted by atomic mass is 32.2. The van der Waals surface area contributed by atoms with Crippen molar-refractivity contribution >= 4 is 28.8 Å². The maximum absolute atomic E-state index is 12.5. The third-order valence-electron chi connectivity index (χ3n) is 5.41. The van der Waals surface area contributed by atoms with Crippen LogP contribution in [0, 0.1) is 0 Å². The van der Waals surface area contributed by atoms with Crippen molar-refractivity contribution in [3.05, 3.63) is 120 Å². The molecule has 5 aromatic rings. The molecule has 168 valence electrons. The van der Waals surface area contributed by atoms with Crippen LogP contribution in [0.1, 0.15) is 27.0 Å². The number of carbonyl (C=O) groups is 1. The van der Waals surface area contributed by atoms with Crippen LogP contribution in [0.3, 0.4) is 0 Å². The van der Waals surface area contributed by atoms with Crippen molar-refractivity contribution in [1.82, 2.24) is 24.8 Å². The second-order valence-corrected chi connectivity index (χ2v) is 8.78. The first kappa shape index (κ1) is 21.9. The molecule has 0 radical (unpaired) electrons. The van der Waals surface area contributed by atoms with E-state index in [9.17, 15) is 4.79 Å². The van der Waals surface area contributed by atoms with Crippen LogP contribution in [0.2, 0.25) is 0 Å². The van der Waals surface area contributed by atoms with Crippen LogP contribution in [0.5, 0.6) is 0 Å². The minimum Gasteiger partial charge on any atom is -0.348 e. The Balaban J connectivity index is 1.31. The lowest BCUT2D eigenvalue weighted by Crippen LogP contribution is -2.22. The molecule has 0 aliphatic heterocycles. The van der Waals surface area contributed by atoms with Crippen molar-refractivity contribution in [2.24, 2.45) is 0 Å². The molecule has 0 spiro atoms. The molecule has 5 rings (SSSR count). The summed E-state index contributed by atoms with van der Waals surface area (Å²) < 4.78 is 2.14. The summed E-state index contributed by atoms with van der Waals surface area (Å²) in [5, 5.41) is 3.87. The average Bonchev–Trinajstić information content (AvgIpc) is 3.25. The summed E-state index contributed by atoms with van der Waals surface area (Å²) in [6.45, 7) is 1.07. The molecule has 7 heteroatoms. The van der Waals surface area contributed by atoms with Gasteiger partial charge < -0.3 is 5.32 Å². The number of rotatable bonds is 8. The molecule has 0 aliphatic carbocycles. The standard InChI is InChI=1S/C27H23N5OS/c33-26(30-17-22-8-4-14-28-16-22)23-12-10-20(11-13-23)18-32-25-24(9-5-15-29-25)31-27(32)34-19-21-6-2-1-3-7-21/h1-16H,17-19H2,(H,30,33). The summed E-state index contributed by atoms with van der Waals surface area (Å²) >= 11 is 1.70. The Morgan fingerprint density at radius 2 is 1.65 bits per heavy atom. The molecule has 1 N–H and O–H groups in total. The maximum Gasteiger partial charge on any atom is 0.251 e. The van der Waals surface area contributed by atoms with Crippen molar-refractivity contribution in [3.63, 3.8) is 0 Å². The van der Waals surface area contributed by atoms with Gasteiger partial charge in [0, 0.05) is 36.5 Å². The number of fused-ring (bicyclic) bond motifs is 1. The molecule has 0 atom stereocenters. The van der Waals surface area contributed by atoms with Gasteiger partial charge >= 0.3 is 0 Å². The number of nitrogens with zero attached hydrogens (tertiary/aromatic N) is 4. The fraction of sp³-hybridized carbons (Fsp3) is 0.111. The number of hydrogen-bond acceptors (Lipinski definition) is 5. The van der Waals surface area contributed by atoms with E-state index in [1.165, 1.54) is 5.56 Å². The van der Waals surface area contributed by atoms with E-state index >= 15 is 0 Å². The zero-order valence-corrected chi connectivity index (χ0v) is 19.3. The van der Waals surface area contributed by atoms with E-state index in [4.69, 9.17) is 4.98 Å². The highest BCUT2D eigenvalue weighted by Gasteiger charge is 2.13. The largest absolute Gasteiger partial charge is 0.348 e. The zero-order valence-electron chi connectivity index (χ0n) is 18.5. The monoisotopic (exact) mass is 465 g/mol. The molecule has 0 saturated carbocycles. The molecule has 6 nitrogen and oxygen atoms in total. The topological polar surface area (TPSA) is 72.7 Å². The number of amides is 1. The predicted octanol–water partition coefficient (Wildman–Crippen LogP) is 5.10. The number of benzene rings is 2. The summed E-state index contributed by atoms with van der Waals surface area (Å²) in [5.74, 6) is 0.726. The number of nitrogens with one attached hydrogen (secondary N) is 1. The van der Waals surface area contributed by atoms with E-state index in [1.54, 1.807) is 30.4 Å². The Bertz CT molecular complexity index is 1390. The van der Waals surface area contributed by atoms with Crippen molar-refractivity contribution in [2.45, 2.75) is 24.0 Å². The van der Waals surface area contributed by atoms with Crippen LogP contribution in [0.25, 0.3) is 11.2 Å². The molecule has 2 aromatic carbocycles. The van der Waals surface area contributed by atoms with Gasteiger partial charge in [0.25, 0.3) is 5.91 Å². The first-order chi connectivity index (χ1) is 16.8. The normalized spacial score (nSPS) is 10.9. The molecular weight excluding hydrogens is 442 g/mol. The van der Waals surface area contributed by atoms with Crippen molar-refractivity contribution in [3.8, 4) is 0 Å². The molecule has 34 heavy (non-hydrogen) atoms. The fourth-order valence-corrected chi connectivity index (χ4v) is 4.60. The highest BCUT2D eigenvalue weighted by Crippen LogP contribution is 2.27. The summed E-state index contributed by atoms with van der Waals surface area (Å²) in [5.41, 5.74) is 5.66.